The van der Waals surface area contributed by atoms with Gasteiger partial charge in [-0.25, -0.2) is 0 Å². The number of benzene rings is 1. The van der Waals surface area contributed by atoms with E-state index >= 15 is 0 Å². The minimum absolute atomic E-state index is 0.183. The van der Waals surface area contributed by atoms with Crippen LogP contribution in [0.5, 0.6) is 0 Å². The van der Waals surface area contributed by atoms with Crippen molar-refractivity contribution in [2.75, 3.05) is 18.4 Å². The Balaban J connectivity index is 1.97. The molecule has 7 heteroatoms. The number of nitrogens with two attached hydrogens (primary N) is 1. The van der Waals surface area contributed by atoms with E-state index in [9.17, 15) is 9.59 Å². The number of nitriles is 1. The van der Waals surface area contributed by atoms with Crippen LogP contribution in [-0.2, 0) is 9.59 Å². The average Bonchev–Trinajstić information content (AvgIpc) is 2.49. The van der Waals surface area contributed by atoms with Gasteiger partial charge in [0.2, 0.25) is 11.8 Å². The summed E-state index contributed by atoms with van der Waals surface area (Å²) in [5, 5.41) is 11.9. The van der Waals surface area contributed by atoms with Gasteiger partial charge in [-0.1, -0.05) is 11.6 Å². The van der Waals surface area contributed by atoms with Gasteiger partial charge in [0.1, 0.15) is 6.07 Å². The van der Waals surface area contributed by atoms with Crippen LogP contribution in [0.4, 0.5) is 5.69 Å². The first kappa shape index (κ1) is 17.3. The molecule has 1 aromatic carbocycles. The minimum atomic E-state index is -0.318. The number of primary amides is 1. The van der Waals surface area contributed by atoms with Crippen molar-refractivity contribution in [3.05, 3.63) is 28.8 Å². The second kappa shape index (κ2) is 7.44. The van der Waals surface area contributed by atoms with Gasteiger partial charge < -0.3 is 11.1 Å². The number of hydrogen-bond donors (Lipinski definition) is 2. The number of piperidine rings is 1. The van der Waals surface area contributed by atoms with Crippen LogP contribution in [0.25, 0.3) is 0 Å². The van der Waals surface area contributed by atoms with Crippen LogP contribution in [0.3, 0.4) is 0 Å². The molecule has 1 aliphatic rings. The first-order valence-electron chi connectivity index (χ1n) is 7.43. The van der Waals surface area contributed by atoms with Gasteiger partial charge in [0.05, 0.1) is 23.0 Å². The summed E-state index contributed by atoms with van der Waals surface area (Å²) < 4.78 is 0. The summed E-state index contributed by atoms with van der Waals surface area (Å²) >= 11 is 5.95. The van der Waals surface area contributed by atoms with Gasteiger partial charge >= 0.3 is 0 Å². The van der Waals surface area contributed by atoms with E-state index in [1.807, 2.05) is 17.9 Å². The van der Waals surface area contributed by atoms with Crippen molar-refractivity contribution in [2.45, 2.75) is 25.8 Å². The quantitative estimate of drug-likeness (QED) is 0.875. The lowest BCUT2D eigenvalue weighted by atomic mass is 9.93. The molecule has 1 aliphatic heterocycles. The number of halogens is 1. The fourth-order valence-corrected chi connectivity index (χ4v) is 2.92. The van der Waals surface area contributed by atoms with Crippen molar-refractivity contribution >= 4 is 29.1 Å². The molecule has 1 aromatic rings. The molecule has 2 rings (SSSR count). The number of carbonyl (C=O) groups is 2. The Morgan fingerprint density at radius 3 is 2.83 bits per heavy atom. The second-order valence-electron chi connectivity index (χ2n) is 5.81. The number of nitrogens with one attached hydrogen (secondary N) is 1. The summed E-state index contributed by atoms with van der Waals surface area (Å²) in [6.07, 6.45) is 1.60. The molecule has 0 aliphatic carbocycles. The third-order valence-electron chi connectivity index (χ3n) is 4.13. The fourth-order valence-electron chi connectivity index (χ4n) is 2.70. The zero-order chi connectivity index (χ0) is 17.0. The van der Waals surface area contributed by atoms with Gasteiger partial charge in [0.25, 0.3) is 0 Å². The van der Waals surface area contributed by atoms with Gasteiger partial charge in [0, 0.05) is 18.3 Å². The number of likely N-dealkylation sites (tertiary alicyclic amines) is 1. The van der Waals surface area contributed by atoms with E-state index in [1.165, 1.54) is 0 Å². The molecule has 6 nitrogen and oxygen atoms in total. The van der Waals surface area contributed by atoms with Gasteiger partial charge in [-0.3, -0.25) is 14.5 Å². The molecule has 0 radical (unpaired) electrons. The van der Waals surface area contributed by atoms with Gasteiger partial charge in [-0.15, -0.1) is 0 Å². The molecule has 0 unspecified atom stereocenters. The van der Waals surface area contributed by atoms with Crippen LogP contribution < -0.4 is 11.1 Å². The highest BCUT2D eigenvalue weighted by molar-refractivity contribution is 6.32. The van der Waals surface area contributed by atoms with Crippen LogP contribution >= 0.6 is 11.6 Å². The maximum Gasteiger partial charge on any atom is 0.238 e. The Hall–Kier alpha value is -2.10. The van der Waals surface area contributed by atoms with Crippen LogP contribution in [0.15, 0.2) is 18.2 Å². The molecule has 23 heavy (non-hydrogen) atoms. The summed E-state index contributed by atoms with van der Waals surface area (Å²) in [7, 11) is 0. The molecular formula is C16H19ClN4O2. The van der Waals surface area contributed by atoms with Crippen molar-refractivity contribution in [2.24, 2.45) is 11.7 Å². The molecule has 1 saturated heterocycles. The molecule has 0 bridgehead atoms. The Morgan fingerprint density at radius 1 is 1.48 bits per heavy atom. The summed E-state index contributed by atoms with van der Waals surface area (Å²) in [4.78, 5) is 25.5. The van der Waals surface area contributed by atoms with E-state index in [-0.39, 0.29) is 30.3 Å². The first-order chi connectivity index (χ1) is 10.9. The van der Waals surface area contributed by atoms with Crippen LogP contribution in [0.2, 0.25) is 5.02 Å². The van der Waals surface area contributed by atoms with Crippen molar-refractivity contribution in [3.8, 4) is 6.07 Å². The summed E-state index contributed by atoms with van der Waals surface area (Å²) in [5.74, 6) is -0.715. The number of rotatable bonds is 4. The van der Waals surface area contributed by atoms with E-state index in [1.54, 1.807) is 18.2 Å². The Bertz CT molecular complexity index is 656. The predicted molar refractivity (Wildman–Crippen MR) is 87.8 cm³/mol. The topological polar surface area (TPSA) is 99.2 Å². The number of amides is 2. The normalized spacial score (nSPS) is 21.4. The number of carbonyl (C=O) groups excluding carboxylic acids is 2. The van der Waals surface area contributed by atoms with Gasteiger partial charge in [-0.2, -0.15) is 5.26 Å². The number of nitrogens with zero attached hydrogens (tertiary/aromatic N) is 2. The van der Waals surface area contributed by atoms with Crippen molar-refractivity contribution in [3.63, 3.8) is 0 Å². The average molecular weight is 335 g/mol. The standard InChI is InChI=1S/C16H19ClN4O2/c1-10-2-3-12(16(19)23)8-21(10)9-15(22)20-13-5-4-11(7-18)14(17)6-13/h4-6,10,12H,2-3,8-9H2,1H3,(H2,19,23)(H,20,22)/t10-,12-/m1/s1. The smallest absolute Gasteiger partial charge is 0.238 e. The second-order valence-corrected chi connectivity index (χ2v) is 6.22. The molecule has 122 valence electrons. The van der Waals surface area contributed by atoms with E-state index in [0.29, 0.717) is 22.8 Å². The summed E-state index contributed by atoms with van der Waals surface area (Å²) in [5.41, 5.74) is 6.26. The van der Waals surface area contributed by atoms with Crippen LogP contribution in [-0.4, -0.2) is 35.8 Å². The highest BCUT2D eigenvalue weighted by Gasteiger charge is 2.29. The Kier molecular flexibility index (Phi) is 5.59. The van der Waals surface area contributed by atoms with E-state index < -0.39 is 0 Å². The fraction of sp³-hybridized carbons (Fsp3) is 0.438. The molecule has 2 atom stereocenters. The lowest BCUT2D eigenvalue weighted by molar-refractivity contribution is -0.126. The highest BCUT2D eigenvalue weighted by Crippen LogP contribution is 2.22. The zero-order valence-corrected chi connectivity index (χ0v) is 13.6. The van der Waals surface area contributed by atoms with Crippen molar-refractivity contribution < 1.29 is 9.59 Å². The molecule has 3 N–H and O–H groups in total. The van der Waals surface area contributed by atoms with Crippen LogP contribution in [0.1, 0.15) is 25.3 Å². The largest absolute Gasteiger partial charge is 0.369 e. The monoisotopic (exact) mass is 334 g/mol. The third kappa shape index (κ3) is 4.44. The van der Waals surface area contributed by atoms with E-state index in [0.717, 1.165) is 12.8 Å². The molecule has 1 fully saturated rings. The molecule has 0 spiro atoms. The van der Waals surface area contributed by atoms with Crippen LogP contribution in [0, 0.1) is 17.2 Å². The predicted octanol–water partition coefficient (Wildman–Crippen LogP) is 1.74. The van der Waals surface area contributed by atoms with Gasteiger partial charge in [-0.05, 0) is 38.0 Å². The minimum Gasteiger partial charge on any atom is -0.369 e. The van der Waals surface area contributed by atoms with Crippen molar-refractivity contribution in [1.82, 2.24) is 4.90 Å². The lowest BCUT2D eigenvalue weighted by Crippen LogP contribution is -2.48. The lowest BCUT2D eigenvalue weighted by Gasteiger charge is -2.36. The van der Waals surface area contributed by atoms with Crippen molar-refractivity contribution in [1.29, 1.82) is 5.26 Å². The molecule has 0 saturated carbocycles. The molecular weight excluding hydrogens is 316 g/mol. The third-order valence-corrected chi connectivity index (χ3v) is 4.45. The zero-order valence-electron chi connectivity index (χ0n) is 12.9. The van der Waals surface area contributed by atoms with E-state index in [2.05, 4.69) is 5.32 Å². The maximum atomic E-state index is 12.2. The Labute approximate surface area is 140 Å². The maximum absolute atomic E-state index is 12.2. The first-order valence-corrected chi connectivity index (χ1v) is 7.81. The summed E-state index contributed by atoms with van der Waals surface area (Å²) in [6.45, 7) is 2.71. The van der Waals surface area contributed by atoms with E-state index in [4.69, 9.17) is 22.6 Å². The Morgan fingerprint density at radius 2 is 2.22 bits per heavy atom. The number of hydrogen-bond acceptors (Lipinski definition) is 4. The number of anilines is 1. The highest BCUT2D eigenvalue weighted by atomic mass is 35.5. The summed E-state index contributed by atoms with van der Waals surface area (Å²) in [6, 6.07) is 6.93. The van der Waals surface area contributed by atoms with Gasteiger partial charge in [0.15, 0.2) is 0 Å². The SMILES string of the molecule is C[C@@H]1CC[C@@H](C(N)=O)CN1CC(=O)Nc1ccc(C#N)c(Cl)c1. The molecule has 0 aromatic heterocycles. The molecule has 1 heterocycles. The molecule has 2 amide bonds.